The SMILES string of the molecule is CCCCCCCCCCCCCCCc1cc(O)c(C(C)(C)CC)cc1Sc1cc(C(C)(C)CC)c(O)cc1CCCCCCCCCCCCCCC. The molecule has 3 heteroatoms. The minimum absolute atomic E-state index is 0.102. The summed E-state index contributed by atoms with van der Waals surface area (Å²) in [4.78, 5) is 2.57. The highest BCUT2D eigenvalue weighted by Gasteiger charge is 2.26. The summed E-state index contributed by atoms with van der Waals surface area (Å²) in [5.74, 6) is 0.901. The Labute approximate surface area is 347 Å². The molecule has 0 aliphatic rings. The van der Waals surface area contributed by atoms with Gasteiger partial charge in [0, 0.05) is 20.9 Å². The highest BCUT2D eigenvalue weighted by atomic mass is 32.2. The number of unbranched alkanes of at least 4 members (excludes halogenated alkanes) is 24. The summed E-state index contributed by atoms with van der Waals surface area (Å²) in [6.45, 7) is 18.1. The van der Waals surface area contributed by atoms with E-state index in [0.29, 0.717) is 11.5 Å². The van der Waals surface area contributed by atoms with Crippen molar-refractivity contribution in [1.82, 2.24) is 0 Å². The molecule has 0 atom stereocenters. The number of hydrogen-bond acceptors (Lipinski definition) is 3. The largest absolute Gasteiger partial charge is 0.508 e. The number of rotatable bonds is 34. The van der Waals surface area contributed by atoms with Gasteiger partial charge in [-0.25, -0.2) is 0 Å². The van der Waals surface area contributed by atoms with Crippen molar-refractivity contribution in [2.45, 2.75) is 269 Å². The van der Waals surface area contributed by atoms with Gasteiger partial charge in [0.25, 0.3) is 0 Å². The minimum atomic E-state index is -0.102. The summed E-state index contributed by atoms with van der Waals surface area (Å²) in [5.41, 5.74) is 4.45. The first-order chi connectivity index (χ1) is 26.5. The van der Waals surface area contributed by atoms with Crippen molar-refractivity contribution >= 4 is 11.8 Å². The van der Waals surface area contributed by atoms with E-state index in [9.17, 15) is 10.2 Å². The molecular formula is C52H90O2S. The Bertz CT molecular complexity index is 1180. The van der Waals surface area contributed by atoms with Gasteiger partial charge in [0.15, 0.2) is 0 Å². The van der Waals surface area contributed by atoms with Crippen LogP contribution in [0.4, 0.5) is 0 Å². The Morgan fingerprint density at radius 1 is 0.382 bits per heavy atom. The van der Waals surface area contributed by atoms with E-state index in [1.807, 2.05) is 11.8 Å². The van der Waals surface area contributed by atoms with Gasteiger partial charge < -0.3 is 10.2 Å². The molecule has 0 saturated carbocycles. The van der Waals surface area contributed by atoms with Crippen LogP contribution < -0.4 is 0 Å². The first kappa shape index (κ1) is 49.5. The maximum Gasteiger partial charge on any atom is 0.119 e. The Hall–Kier alpha value is -1.61. The normalized spacial score (nSPS) is 12.2. The molecule has 0 bridgehead atoms. The van der Waals surface area contributed by atoms with E-state index in [2.05, 4.69) is 79.7 Å². The fourth-order valence-corrected chi connectivity index (χ4v) is 9.23. The van der Waals surface area contributed by atoms with Crippen LogP contribution in [-0.2, 0) is 23.7 Å². The van der Waals surface area contributed by atoms with Gasteiger partial charge in [-0.15, -0.1) is 0 Å². The second-order valence-corrected chi connectivity index (χ2v) is 19.6. The Morgan fingerprint density at radius 2 is 0.636 bits per heavy atom. The zero-order valence-corrected chi connectivity index (χ0v) is 38.6. The van der Waals surface area contributed by atoms with E-state index in [-0.39, 0.29) is 10.8 Å². The summed E-state index contributed by atoms with van der Waals surface area (Å²) in [5, 5.41) is 22.7. The molecule has 0 unspecified atom stereocenters. The lowest BCUT2D eigenvalue weighted by atomic mass is 9.81. The van der Waals surface area contributed by atoms with Crippen molar-refractivity contribution in [2.24, 2.45) is 0 Å². The molecule has 2 rings (SSSR count). The number of aromatic hydroxyl groups is 2. The molecule has 2 nitrogen and oxygen atoms in total. The van der Waals surface area contributed by atoms with E-state index in [1.165, 1.54) is 175 Å². The fraction of sp³-hybridized carbons (Fsp3) is 0.769. The maximum atomic E-state index is 11.4. The van der Waals surface area contributed by atoms with Gasteiger partial charge in [0.05, 0.1) is 0 Å². The van der Waals surface area contributed by atoms with Gasteiger partial charge in [0.1, 0.15) is 11.5 Å². The maximum absolute atomic E-state index is 11.4. The molecule has 316 valence electrons. The zero-order valence-electron chi connectivity index (χ0n) is 37.8. The van der Waals surface area contributed by atoms with Gasteiger partial charge in [-0.3, -0.25) is 0 Å². The molecule has 0 fully saturated rings. The second kappa shape index (κ2) is 28.7. The van der Waals surface area contributed by atoms with Crippen molar-refractivity contribution in [1.29, 1.82) is 0 Å². The van der Waals surface area contributed by atoms with Crippen LogP contribution in [0.15, 0.2) is 34.1 Å². The Kier molecular flexibility index (Phi) is 25.9. The number of aryl methyl sites for hydroxylation is 2. The molecule has 2 aromatic carbocycles. The van der Waals surface area contributed by atoms with E-state index in [4.69, 9.17) is 0 Å². The lowest BCUT2D eigenvalue weighted by molar-refractivity contribution is 0.426. The smallest absolute Gasteiger partial charge is 0.119 e. The molecule has 0 aliphatic heterocycles. The molecule has 0 saturated heterocycles. The molecule has 0 aliphatic carbocycles. The summed E-state index contributed by atoms with van der Waals surface area (Å²) in [6, 6.07) is 8.82. The predicted octanol–water partition coefficient (Wildman–Crippen LogP) is 17.9. The van der Waals surface area contributed by atoms with Crippen LogP contribution in [0.2, 0.25) is 0 Å². The van der Waals surface area contributed by atoms with Crippen LogP contribution in [0.1, 0.15) is 257 Å². The van der Waals surface area contributed by atoms with Crippen LogP contribution >= 0.6 is 11.8 Å². The van der Waals surface area contributed by atoms with E-state index >= 15 is 0 Å². The summed E-state index contributed by atoms with van der Waals surface area (Å²) < 4.78 is 0. The Morgan fingerprint density at radius 3 is 0.891 bits per heavy atom. The lowest BCUT2D eigenvalue weighted by Crippen LogP contribution is -2.16. The van der Waals surface area contributed by atoms with Crippen molar-refractivity contribution in [3.05, 3.63) is 46.5 Å². The minimum Gasteiger partial charge on any atom is -0.508 e. The van der Waals surface area contributed by atoms with Crippen LogP contribution in [0.3, 0.4) is 0 Å². The Balaban J connectivity index is 2.09. The van der Waals surface area contributed by atoms with Gasteiger partial charge in [-0.2, -0.15) is 0 Å². The van der Waals surface area contributed by atoms with Crippen LogP contribution in [0.5, 0.6) is 11.5 Å². The van der Waals surface area contributed by atoms with Crippen molar-refractivity contribution in [2.75, 3.05) is 0 Å². The number of benzene rings is 2. The number of hydrogen-bond donors (Lipinski definition) is 2. The quantitative estimate of drug-likeness (QED) is 0.0695. The average Bonchev–Trinajstić information content (AvgIpc) is 3.16. The summed E-state index contributed by atoms with van der Waals surface area (Å²) in [6.07, 6.45) is 39.2. The van der Waals surface area contributed by atoms with Gasteiger partial charge in [0.2, 0.25) is 0 Å². The number of phenolic OH excluding ortho intramolecular Hbond substituents is 2. The lowest BCUT2D eigenvalue weighted by Gasteiger charge is -2.27. The third kappa shape index (κ3) is 19.6. The van der Waals surface area contributed by atoms with Crippen molar-refractivity contribution in [3.8, 4) is 11.5 Å². The highest BCUT2D eigenvalue weighted by molar-refractivity contribution is 7.99. The third-order valence-electron chi connectivity index (χ3n) is 12.9. The molecule has 2 aromatic rings. The molecule has 55 heavy (non-hydrogen) atoms. The van der Waals surface area contributed by atoms with Gasteiger partial charge in [-0.1, -0.05) is 221 Å². The molecule has 0 aromatic heterocycles. The molecule has 0 spiro atoms. The topological polar surface area (TPSA) is 40.5 Å². The first-order valence-electron chi connectivity index (χ1n) is 23.9. The van der Waals surface area contributed by atoms with Gasteiger partial charge in [-0.05, 0) is 84.7 Å². The average molecular weight is 779 g/mol. The first-order valence-corrected chi connectivity index (χ1v) is 24.7. The van der Waals surface area contributed by atoms with Crippen molar-refractivity contribution < 1.29 is 10.2 Å². The van der Waals surface area contributed by atoms with Crippen molar-refractivity contribution in [3.63, 3.8) is 0 Å². The zero-order chi connectivity index (χ0) is 40.4. The second-order valence-electron chi connectivity index (χ2n) is 18.5. The van der Waals surface area contributed by atoms with E-state index < -0.39 is 0 Å². The van der Waals surface area contributed by atoms with Crippen LogP contribution in [0, 0.1) is 0 Å². The van der Waals surface area contributed by atoms with Crippen LogP contribution in [0.25, 0.3) is 0 Å². The molecule has 2 N–H and O–H groups in total. The van der Waals surface area contributed by atoms with E-state index in [0.717, 1.165) is 49.7 Å². The third-order valence-corrected chi connectivity index (χ3v) is 14.1. The molecule has 0 amide bonds. The highest BCUT2D eigenvalue weighted by Crippen LogP contribution is 2.45. The monoisotopic (exact) mass is 779 g/mol. The molecule has 0 heterocycles. The standard InChI is InChI=1S/C52H90O2S/c1-9-13-15-17-19-21-23-25-27-29-31-33-35-37-43-39-47(53)45(51(5,6)11-3)41-49(43)55-50-42-46(52(7,8)12-4)48(54)40-44(50)38-36-34-32-30-28-26-24-22-20-18-16-14-10-2/h39-42,53-54H,9-38H2,1-8H3. The predicted molar refractivity (Wildman–Crippen MR) is 246 cm³/mol. The van der Waals surface area contributed by atoms with E-state index in [1.54, 1.807) is 0 Å². The summed E-state index contributed by atoms with van der Waals surface area (Å²) in [7, 11) is 0. The number of phenols is 2. The summed E-state index contributed by atoms with van der Waals surface area (Å²) >= 11 is 1.89. The van der Waals surface area contributed by atoms with Gasteiger partial charge >= 0.3 is 0 Å². The fourth-order valence-electron chi connectivity index (χ4n) is 8.05. The van der Waals surface area contributed by atoms with Crippen LogP contribution in [-0.4, -0.2) is 10.2 Å². The molecular weight excluding hydrogens is 689 g/mol. The molecule has 0 radical (unpaired) electrons.